The molecule has 2 aromatic carbocycles. The van der Waals surface area contributed by atoms with Gasteiger partial charge in [-0.2, -0.15) is 5.10 Å². The van der Waals surface area contributed by atoms with E-state index in [1.54, 1.807) is 30.3 Å². The number of benzene rings is 2. The van der Waals surface area contributed by atoms with Crippen molar-refractivity contribution < 1.29 is 5.11 Å². The Kier molecular flexibility index (Phi) is 4.06. The first kappa shape index (κ1) is 14.5. The van der Waals surface area contributed by atoms with Crippen LogP contribution in [0.1, 0.15) is 11.1 Å². The number of aromatic nitrogens is 2. The van der Waals surface area contributed by atoms with E-state index >= 15 is 0 Å². The van der Waals surface area contributed by atoms with E-state index < -0.39 is 0 Å². The maximum atomic E-state index is 12.0. The molecule has 0 aliphatic heterocycles. The van der Waals surface area contributed by atoms with Crippen LogP contribution in [0.25, 0.3) is 11.3 Å². The van der Waals surface area contributed by atoms with E-state index in [9.17, 15) is 9.90 Å². The molecular formula is C17H13BrN2O2. The highest BCUT2D eigenvalue weighted by molar-refractivity contribution is 9.10. The highest BCUT2D eigenvalue weighted by atomic mass is 79.9. The van der Waals surface area contributed by atoms with Gasteiger partial charge in [-0.1, -0.05) is 40.2 Å². The number of halogens is 1. The molecule has 4 nitrogen and oxygen atoms in total. The standard InChI is InChI=1S/C17H13BrN2O2/c18-14-5-3-12(4-6-14)16-10-13(17(22)20-19-16)9-11-1-7-15(21)8-2-11/h1-8,10,21H,9H2,(H,20,22). The van der Waals surface area contributed by atoms with Crippen LogP contribution < -0.4 is 5.56 Å². The van der Waals surface area contributed by atoms with E-state index in [0.29, 0.717) is 12.0 Å². The third kappa shape index (κ3) is 3.26. The summed E-state index contributed by atoms with van der Waals surface area (Å²) in [7, 11) is 0. The molecular weight excluding hydrogens is 344 g/mol. The van der Waals surface area contributed by atoms with Crippen molar-refractivity contribution >= 4 is 15.9 Å². The van der Waals surface area contributed by atoms with Gasteiger partial charge in [0.15, 0.2) is 0 Å². The first-order valence-electron chi connectivity index (χ1n) is 6.74. The molecule has 0 saturated heterocycles. The van der Waals surface area contributed by atoms with Crippen LogP contribution in [0.5, 0.6) is 5.75 Å². The second-order valence-corrected chi connectivity index (χ2v) is 5.87. The van der Waals surface area contributed by atoms with Crippen LogP contribution in [0.15, 0.2) is 63.9 Å². The molecule has 0 atom stereocenters. The number of nitrogens with one attached hydrogen (secondary N) is 1. The molecule has 0 amide bonds. The minimum atomic E-state index is -0.200. The molecule has 110 valence electrons. The molecule has 0 bridgehead atoms. The lowest BCUT2D eigenvalue weighted by Crippen LogP contribution is -2.14. The molecule has 22 heavy (non-hydrogen) atoms. The maximum absolute atomic E-state index is 12.0. The molecule has 0 unspecified atom stereocenters. The SMILES string of the molecule is O=c1[nH]nc(-c2ccc(Br)cc2)cc1Cc1ccc(O)cc1. The van der Waals surface area contributed by atoms with Gasteiger partial charge in [0.2, 0.25) is 0 Å². The Labute approximate surface area is 135 Å². The smallest absolute Gasteiger partial charge is 0.267 e. The van der Waals surface area contributed by atoms with Crippen molar-refractivity contribution in [1.29, 1.82) is 0 Å². The normalized spacial score (nSPS) is 10.6. The third-order valence-electron chi connectivity index (χ3n) is 3.35. The number of nitrogens with zero attached hydrogens (tertiary/aromatic N) is 1. The van der Waals surface area contributed by atoms with Gasteiger partial charge in [0.05, 0.1) is 5.69 Å². The molecule has 2 N–H and O–H groups in total. The first-order chi connectivity index (χ1) is 10.6. The Hall–Kier alpha value is -2.40. The Morgan fingerprint density at radius 2 is 1.73 bits per heavy atom. The van der Waals surface area contributed by atoms with Crippen LogP contribution in [0.2, 0.25) is 0 Å². The van der Waals surface area contributed by atoms with Crippen LogP contribution in [0, 0.1) is 0 Å². The number of hydrogen-bond acceptors (Lipinski definition) is 3. The molecule has 3 rings (SSSR count). The summed E-state index contributed by atoms with van der Waals surface area (Å²) in [4.78, 5) is 12.0. The van der Waals surface area contributed by atoms with Crippen molar-refractivity contribution in [2.45, 2.75) is 6.42 Å². The second-order valence-electron chi connectivity index (χ2n) is 4.96. The average Bonchev–Trinajstić information content (AvgIpc) is 2.52. The quantitative estimate of drug-likeness (QED) is 0.754. The van der Waals surface area contributed by atoms with Crippen LogP contribution >= 0.6 is 15.9 Å². The number of H-pyrrole nitrogens is 1. The van der Waals surface area contributed by atoms with Gasteiger partial charge in [-0.3, -0.25) is 4.79 Å². The lowest BCUT2D eigenvalue weighted by molar-refractivity contribution is 0.475. The summed E-state index contributed by atoms with van der Waals surface area (Å²) in [6.07, 6.45) is 0.488. The number of phenols is 1. The molecule has 1 heterocycles. The summed E-state index contributed by atoms with van der Waals surface area (Å²) in [5.74, 6) is 0.211. The minimum Gasteiger partial charge on any atom is -0.508 e. The largest absolute Gasteiger partial charge is 0.508 e. The summed E-state index contributed by atoms with van der Waals surface area (Å²) in [5, 5.41) is 16.0. The summed E-state index contributed by atoms with van der Waals surface area (Å²) in [5.41, 5.74) is 3.05. The Balaban J connectivity index is 1.94. The average molecular weight is 357 g/mol. The fourth-order valence-electron chi connectivity index (χ4n) is 2.18. The van der Waals surface area contributed by atoms with Crippen molar-refractivity contribution in [3.8, 4) is 17.0 Å². The molecule has 0 saturated carbocycles. The van der Waals surface area contributed by atoms with Crippen LogP contribution in [-0.2, 0) is 6.42 Å². The Bertz CT molecular complexity index is 840. The van der Waals surface area contributed by atoms with E-state index in [2.05, 4.69) is 26.1 Å². The van der Waals surface area contributed by atoms with E-state index in [-0.39, 0.29) is 11.3 Å². The molecule has 1 aromatic heterocycles. The van der Waals surface area contributed by atoms with E-state index in [1.165, 1.54) is 0 Å². The van der Waals surface area contributed by atoms with Gasteiger partial charge < -0.3 is 5.11 Å². The second kappa shape index (κ2) is 6.15. The molecule has 0 spiro atoms. The van der Waals surface area contributed by atoms with Crippen molar-refractivity contribution in [3.05, 3.63) is 80.6 Å². The van der Waals surface area contributed by atoms with Crippen LogP contribution in [0.3, 0.4) is 0 Å². The van der Waals surface area contributed by atoms with Crippen molar-refractivity contribution in [1.82, 2.24) is 10.2 Å². The van der Waals surface area contributed by atoms with E-state index in [4.69, 9.17) is 0 Å². The highest BCUT2D eigenvalue weighted by Crippen LogP contribution is 2.20. The Morgan fingerprint density at radius 3 is 2.41 bits per heavy atom. The Morgan fingerprint density at radius 1 is 1.05 bits per heavy atom. The van der Waals surface area contributed by atoms with Crippen molar-refractivity contribution in [3.63, 3.8) is 0 Å². The van der Waals surface area contributed by atoms with Gasteiger partial charge >= 0.3 is 0 Å². The highest BCUT2D eigenvalue weighted by Gasteiger charge is 2.07. The predicted octanol–water partition coefficient (Wildman–Crippen LogP) is 3.50. The third-order valence-corrected chi connectivity index (χ3v) is 3.88. The number of hydrogen-bond donors (Lipinski definition) is 2. The van der Waals surface area contributed by atoms with Gasteiger partial charge in [-0.05, 0) is 35.9 Å². The number of aromatic amines is 1. The zero-order valence-corrected chi connectivity index (χ0v) is 13.2. The summed E-state index contributed by atoms with van der Waals surface area (Å²) in [6.45, 7) is 0. The summed E-state index contributed by atoms with van der Waals surface area (Å²) < 4.78 is 0.991. The van der Waals surface area contributed by atoms with E-state index in [0.717, 1.165) is 21.3 Å². The molecule has 0 fully saturated rings. The number of aromatic hydroxyl groups is 1. The topological polar surface area (TPSA) is 66.0 Å². The van der Waals surface area contributed by atoms with Crippen molar-refractivity contribution in [2.24, 2.45) is 0 Å². The van der Waals surface area contributed by atoms with Gasteiger partial charge in [0, 0.05) is 22.0 Å². The number of phenolic OH excluding ortho intramolecular Hbond substituents is 1. The summed E-state index contributed by atoms with van der Waals surface area (Å²) >= 11 is 3.40. The molecule has 5 heteroatoms. The van der Waals surface area contributed by atoms with Gasteiger partial charge in [-0.15, -0.1) is 0 Å². The first-order valence-corrected chi connectivity index (χ1v) is 7.53. The van der Waals surface area contributed by atoms with Gasteiger partial charge in [-0.25, -0.2) is 5.10 Å². The monoisotopic (exact) mass is 356 g/mol. The van der Waals surface area contributed by atoms with Crippen LogP contribution in [0.4, 0.5) is 0 Å². The lowest BCUT2D eigenvalue weighted by atomic mass is 10.0. The zero-order chi connectivity index (χ0) is 15.5. The minimum absolute atomic E-state index is 0.200. The van der Waals surface area contributed by atoms with Crippen molar-refractivity contribution in [2.75, 3.05) is 0 Å². The van der Waals surface area contributed by atoms with Crippen LogP contribution in [-0.4, -0.2) is 15.3 Å². The zero-order valence-electron chi connectivity index (χ0n) is 11.6. The van der Waals surface area contributed by atoms with Gasteiger partial charge in [0.1, 0.15) is 5.75 Å². The molecule has 0 aliphatic rings. The molecule has 0 aliphatic carbocycles. The van der Waals surface area contributed by atoms with Gasteiger partial charge in [0.25, 0.3) is 5.56 Å². The maximum Gasteiger partial charge on any atom is 0.267 e. The number of rotatable bonds is 3. The molecule has 3 aromatic rings. The summed E-state index contributed by atoms with van der Waals surface area (Å²) in [6, 6.07) is 16.4. The predicted molar refractivity (Wildman–Crippen MR) is 88.9 cm³/mol. The molecule has 0 radical (unpaired) electrons. The fourth-order valence-corrected chi connectivity index (χ4v) is 2.44. The fraction of sp³-hybridized carbons (Fsp3) is 0.0588. The van der Waals surface area contributed by atoms with E-state index in [1.807, 2.05) is 24.3 Å². The lowest BCUT2D eigenvalue weighted by Gasteiger charge is -2.05.